The molecule has 0 amide bonds. The largest absolute Gasteiger partial charge is 0.349 e. The van der Waals surface area contributed by atoms with Crippen LogP contribution in [-0.2, 0) is 13.5 Å². The van der Waals surface area contributed by atoms with Gasteiger partial charge < -0.3 is 4.57 Å². The third kappa shape index (κ3) is 1.32. The van der Waals surface area contributed by atoms with Crippen molar-refractivity contribution in [3.05, 3.63) is 34.4 Å². The number of hydrogen-bond acceptors (Lipinski definition) is 1. The molecule has 70 valence electrons. The van der Waals surface area contributed by atoms with Gasteiger partial charge in [0.1, 0.15) is 0 Å². The molecule has 0 bridgehead atoms. The molecule has 0 unspecified atom stereocenters. The van der Waals surface area contributed by atoms with Gasteiger partial charge >= 0.3 is 0 Å². The number of rotatable bonds is 1. The molecule has 0 fully saturated rings. The maximum atomic E-state index is 8.69. The number of aromatic nitrogens is 1. The van der Waals surface area contributed by atoms with Gasteiger partial charge in [-0.3, -0.25) is 0 Å². The van der Waals surface area contributed by atoms with E-state index in [1.807, 2.05) is 36.0 Å². The molecule has 2 nitrogen and oxygen atoms in total. The number of nitriles is 1. The number of para-hydroxylation sites is 1. The van der Waals surface area contributed by atoms with E-state index >= 15 is 0 Å². The second-order valence-corrected chi connectivity index (χ2v) is 4.09. The minimum absolute atomic E-state index is 0.466. The lowest BCUT2D eigenvalue weighted by atomic mass is 10.1. The van der Waals surface area contributed by atoms with Crippen LogP contribution in [0.1, 0.15) is 5.56 Å². The first kappa shape index (κ1) is 9.29. The van der Waals surface area contributed by atoms with E-state index in [0.29, 0.717) is 6.42 Å². The molecule has 0 atom stereocenters. The molecule has 3 heteroatoms. The molecule has 0 saturated carbocycles. The Morgan fingerprint density at radius 3 is 3.00 bits per heavy atom. The highest BCUT2D eigenvalue weighted by atomic mass is 79.9. The summed E-state index contributed by atoms with van der Waals surface area (Å²) in [5.41, 5.74) is 2.24. The van der Waals surface area contributed by atoms with Gasteiger partial charge in [0.15, 0.2) is 0 Å². The van der Waals surface area contributed by atoms with Crippen LogP contribution in [0.15, 0.2) is 28.9 Å². The monoisotopic (exact) mass is 248 g/mol. The molecular weight excluding hydrogens is 240 g/mol. The molecule has 0 aliphatic heterocycles. The molecule has 0 aliphatic carbocycles. The first-order chi connectivity index (χ1) is 6.74. The van der Waals surface area contributed by atoms with Gasteiger partial charge in [0, 0.05) is 23.1 Å². The van der Waals surface area contributed by atoms with E-state index in [2.05, 4.69) is 22.0 Å². The lowest BCUT2D eigenvalue weighted by Crippen LogP contribution is -1.83. The predicted molar refractivity (Wildman–Crippen MR) is 59.9 cm³/mol. The Labute approximate surface area is 90.9 Å². The van der Waals surface area contributed by atoms with Gasteiger partial charge in [-0.1, -0.05) is 12.1 Å². The van der Waals surface area contributed by atoms with Gasteiger partial charge in [-0.05, 0) is 27.6 Å². The van der Waals surface area contributed by atoms with Crippen molar-refractivity contribution in [2.45, 2.75) is 6.42 Å². The maximum Gasteiger partial charge on any atom is 0.0670 e. The topological polar surface area (TPSA) is 28.7 Å². The van der Waals surface area contributed by atoms with E-state index < -0.39 is 0 Å². The lowest BCUT2D eigenvalue weighted by Gasteiger charge is -1.98. The number of aryl methyl sites for hydroxylation is 1. The third-order valence-corrected chi connectivity index (χ3v) is 2.94. The molecular formula is C11H9BrN2. The van der Waals surface area contributed by atoms with Crippen molar-refractivity contribution in [2.75, 3.05) is 0 Å². The first-order valence-electron chi connectivity index (χ1n) is 4.33. The SMILES string of the molecule is Cn1cc(CC#N)c2cccc(Br)c21. The first-order valence-corrected chi connectivity index (χ1v) is 5.12. The molecule has 2 rings (SSSR count). The van der Waals surface area contributed by atoms with Crippen LogP contribution in [0.3, 0.4) is 0 Å². The quantitative estimate of drug-likeness (QED) is 0.763. The van der Waals surface area contributed by atoms with E-state index in [4.69, 9.17) is 5.26 Å². The molecule has 0 saturated heterocycles. The Hall–Kier alpha value is -1.27. The molecule has 1 aromatic carbocycles. The van der Waals surface area contributed by atoms with Crippen LogP contribution >= 0.6 is 15.9 Å². The summed E-state index contributed by atoms with van der Waals surface area (Å²) in [4.78, 5) is 0. The zero-order valence-corrected chi connectivity index (χ0v) is 9.37. The normalized spacial score (nSPS) is 10.4. The molecule has 0 spiro atoms. The Morgan fingerprint density at radius 1 is 1.50 bits per heavy atom. The number of halogens is 1. The average Bonchev–Trinajstić information content (AvgIpc) is 2.46. The van der Waals surface area contributed by atoms with Crippen LogP contribution in [-0.4, -0.2) is 4.57 Å². The fourth-order valence-electron chi connectivity index (χ4n) is 1.73. The van der Waals surface area contributed by atoms with Crippen molar-refractivity contribution in [2.24, 2.45) is 7.05 Å². The van der Waals surface area contributed by atoms with E-state index in [9.17, 15) is 0 Å². The van der Waals surface area contributed by atoms with E-state index in [1.165, 1.54) is 0 Å². The van der Waals surface area contributed by atoms with Crippen LogP contribution in [0.25, 0.3) is 10.9 Å². The van der Waals surface area contributed by atoms with Crippen LogP contribution in [0.2, 0.25) is 0 Å². The fourth-order valence-corrected chi connectivity index (χ4v) is 2.37. The molecule has 0 N–H and O–H groups in total. The minimum atomic E-state index is 0.466. The summed E-state index contributed by atoms with van der Waals surface area (Å²) in [6.45, 7) is 0. The highest BCUT2D eigenvalue weighted by molar-refractivity contribution is 9.10. The summed E-state index contributed by atoms with van der Waals surface area (Å²) in [5, 5.41) is 9.84. The van der Waals surface area contributed by atoms with Crippen LogP contribution < -0.4 is 0 Å². The molecule has 1 aromatic heterocycles. The molecule has 1 heterocycles. The second kappa shape index (κ2) is 3.47. The van der Waals surface area contributed by atoms with Gasteiger partial charge in [0.05, 0.1) is 18.0 Å². The Kier molecular flexibility index (Phi) is 2.30. The zero-order chi connectivity index (χ0) is 10.1. The molecule has 0 radical (unpaired) electrons. The Balaban J connectivity index is 2.79. The lowest BCUT2D eigenvalue weighted by molar-refractivity contribution is 0.958. The number of hydrogen-bond donors (Lipinski definition) is 0. The van der Waals surface area contributed by atoms with Crippen molar-refractivity contribution in [1.29, 1.82) is 5.26 Å². The van der Waals surface area contributed by atoms with Gasteiger partial charge in [-0.25, -0.2) is 0 Å². The molecule has 0 aliphatic rings. The van der Waals surface area contributed by atoms with Crippen molar-refractivity contribution in [1.82, 2.24) is 4.57 Å². The number of nitrogens with zero attached hydrogens (tertiary/aromatic N) is 2. The summed E-state index contributed by atoms with van der Waals surface area (Å²) in [6, 6.07) is 8.23. The zero-order valence-electron chi connectivity index (χ0n) is 7.79. The summed E-state index contributed by atoms with van der Waals surface area (Å²) in [6.07, 6.45) is 2.48. The molecule has 14 heavy (non-hydrogen) atoms. The number of benzene rings is 1. The molecule has 2 aromatic rings. The standard InChI is InChI=1S/C11H9BrN2/c1-14-7-8(5-6-13)9-3-2-4-10(12)11(9)14/h2-4,7H,5H2,1H3. The fraction of sp³-hybridized carbons (Fsp3) is 0.182. The summed E-state index contributed by atoms with van der Waals surface area (Å²) in [7, 11) is 1.99. The van der Waals surface area contributed by atoms with Crippen molar-refractivity contribution in [3.8, 4) is 6.07 Å². The van der Waals surface area contributed by atoms with Crippen LogP contribution in [0, 0.1) is 11.3 Å². The highest BCUT2D eigenvalue weighted by Crippen LogP contribution is 2.27. The highest BCUT2D eigenvalue weighted by Gasteiger charge is 2.07. The Bertz CT molecular complexity index is 520. The van der Waals surface area contributed by atoms with Crippen molar-refractivity contribution in [3.63, 3.8) is 0 Å². The predicted octanol–water partition coefficient (Wildman–Crippen LogP) is 3.01. The van der Waals surface area contributed by atoms with Crippen LogP contribution in [0.4, 0.5) is 0 Å². The summed E-state index contributed by atoms with van der Waals surface area (Å²) < 4.78 is 3.12. The minimum Gasteiger partial charge on any atom is -0.349 e. The van der Waals surface area contributed by atoms with Gasteiger partial charge in [0.2, 0.25) is 0 Å². The van der Waals surface area contributed by atoms with Crippen LogP contribution in [0.5, 0.6) is 0 Å². The average molecular weight is 249 g/mol. The Morgan fingerprint density at radius 2 is 2.29 bits per heavy atom. The third-order valence-electron chi connectivity index (χ3n) is 2.30. The van der Waals surface area contributed by atoms with Gasteiger partial charge in [0.25, 0.3) is 0 Å². The van der Waals surface area contributed by atoms with E-state index in [0.717, 1.165) is 20.9 Å². The van der Waals surface area contributed by atoms with Gasteiger partial charge in [-0.2, -0.15) is 5.26 Å². The van der Waals surface area contributed by atoms with E-state index in [1.54, 1.807) is 0 Å². The summed E-state index contributed by atoms with van der Waals surface area (Å²) in [5.74, 6) is 0. The van der Waals surface area contributed by atoms with Gasteiger partial charge in [-0.15, -0.1) is 0 Å². The summed E-state index contributed by atoms with van der Waals surface area (Å²) >= 11 is 3.51. The second-order valence-electron chi connectivity index (χ2n) is 3.24. The smallest absolute Gasteiger partial charge is 0.0670 e. The van der Waals surface area contributed by atoms with Crippen molar-refractivity contribution < 1.29 is 0 Å². The van der Waals surface area contributed by atoms with E-state index in [-0.39, 0.29) is 0 Å². The van der Waals surface area contributed by atoms with Crippen molar-refractivity contribution >= 4 is 26.8 Å². The number of fused-ring (bicyclic) bond motifs is 1. The maximum absolute atomic E-state index is 8.69.